The molecule has 0 spiro atoms. The number of hydrogen-bond acceptors (Lipinski definition) is 3. The number of hydrogen-bond donors (Lipinski definition) is 0. The lowest BCUT2D eigenvalue weighted by Gasteiger charge is -1.95. The second-order valence-electron chi connectivity index (χ2n) is 2.35. The van der Waals surface area contributed by atoms with Gasteiger partial charge >= 0.3 is 0 Å². The molecule has 2 radical (unpaired) electrons. The lowest BCUT2D eigenvalue weighted by atomic mass is 10.1. The van der Waals surface area contributed by atoms with Gasteiger partial charge in [0.25, 0.3) is 0 Å². The van der Waals surface area contributed by atoms with Crippen LogP contribution in [0.3, 0.4) is 0 Å². The van der Waals surface area contributed by atoms with Gasteiger partial charge in [-0.25, -0.2) is 4.98 Å². The van der Waals surface area contributed by atoms with Crippen LogP contribution in [0.15, 0.2) is 17.2 Å². The van der Waals surface area contributed by atoms with E-state index in [1.807, 2.05) is 6.07 Å². The zero-order valence-corrected chi connectivity index (χ0v) is 9.40. The summed E-state index contributed by atoms with van der Waals surface area (Å²) in [5.41, 5.74) is 0. The molecule has 2 rings (SSSR count). The van der Waals surface area contributed by atoms with Crippen molar-refractivity contribution in [3.63, 3.8) is 0 Å². The van der Waals surface area contributed by atoms with Crippen LogP contribution in [0, 0.1) is 0 Å². The molecule has 64 valence electrons. The van der Waals surface area contributed by atoms with Crippen molar-refractivity contribution in [3.8, 4) is 0 Å². The van der Waals surface area contributed by atoms with E-state index >= 15 is 0 Å². The van der Waals surface area contributed by atoms with Gasteiger partial charge in [0.05, 0.1) is 0 Å². The maximum Gasteiger partial charge on any atom is 0.138 e. The normalized spacial score (nSPS) is 10.9. The van der Waals surface area contributed by atoms with E-state index in [2.05, 4.69) is 4.98 Å². The second kappa shape index (κ2) is 3.69. The summed E-state index contributed by atoms with van der Waals surface area (Å²) in [5.74, 6) is 0. The highest BCUT2D eigenvalue weighted by atomic mass is 35.7. The summed E-state index contributed by atoms with van der Waals surface area (Å²) in [5, 5.41) is 1.31. The van der Waals surface area contributed by atoms with Crippen LogP contribution in [-0.4, -0.2) is 12.8 Å². The monoisotopic (exact) mass is 245 g/mol. The van der Waals surface area contributed by atoms with E-state index < -0.39 is 0 Å². The first kappa shape index (κ1) is 9.65. The van der Waals surface area contributed by atoms with Gasteiger partial charge in [0.2, 0.25) is 0 Å². The summed E-state index contributed by atoms with van der Waals surface area (Å²) in [6, 6.07) is 1.87. The lowest BCUT2D eigenvalue weighted by molar-refractivity contribution is 1.36. The first-order valence-electron chi connectivity index (χ1n) is 3.35. The fourth-order valence-electron chi connectivity index (χ4n) is 1.08. The largest absolute Gasteiger partial charge is 0.244 e. The van der Waals surface area contributed by atoms with Crippen molar-refractivity contribution in [1.29, 1.82) is 0 Å². The van der Waals surface area contributed by atoms with E-state index in [0.717, 1.165) is 26.0 Å². The highest BCUT2D eigenvalue weighted by molar-refractivity contribution is 8.21. The molecule has 0 fully saturated rings. The number of pyridine rings is 1. The van der Waals surface area contributed by atoms with E-state index in [0.29, 0.717) is 9.93 Å². The van der Waals surface area contributed by atoms with Crippen molar-refractivity contribution in [2.45, 2.75) is 4.90 Å². The molecule has 0 aromatic carbocycles. The predicted octanol–water partition coefficient (Wildman–Crippen LogP) is 2.99. The minimum Gasteiger partial charge on any atom is -0.244 e. The Kier molecular flexibility index (Phi) is 2.74. The zero-order valence-electron chi connectivity index (χ0n) is 6.25. The number of fused-ring (bicyclic) bond motifs is 1. The third kappa shape index (κ3) is 1.56. The van der Waals surface area contributed by atoms with Gasteiger partial charge in [-0.15, -0.1) is 0 Å². The fraction of sp³-hybridized carbons (Fsp3) is 0. The first-order valence-corrected chi connectivity index (χ1v) is 6.19. The highest BCUT2D eigenvalue weighted by Gasteiger charge is 2.11. The van der Waals surface area contributed by atoms with Crippen molar-refractivity contribution in [2.75, 3.05) is 0 Å². The Hall–Kier alpha value is 0.105. The minimum atomic E-state index is 0.452. The van der Waals surface area contributed by atoms with Crippen molar-refractivity contribution in [1.82, 2.24) is 4.98 Å². The third-order valence-electron chi connectivity index (χ3n) is 1.61. The summed E-state index contributed by atoms with van der Waals surface area (Å²) in [6.45, 7) is 0. The predicted molar refractivity (Wildman–Crippen MR) is 61.7 cm³/mol. The minimum absolute atomic E-state index is 0.452. The Morgan fingerprint density at radius 1 is 1.54 bits per heavy atom. The molecule has 13 heavy (non-hydrogen) atoms. The van der Waals surface area contributed by atoms with Gasteiger partial charge in [-0.1, -0.05) is 11.6 Å². The smallest absolute Gasteiger partial charge is 0.138 e. The maximum absolute atomic E-state index is 5.92. The van der Waals surface area contributed by atoms with Crippen LogP contribution in [0.4, 0.5) is 0 Å². The Labute approximate surface area is 94.4 Å². The molecule has 0 atom stereocenters. The van der Waals surface area contributed by atoms with Gasteiger partial charge < -0.3 is 0 Å². The van der Waals surface area contributed by atoms with Crippen LogP contribution in [0.2, 0.25) is 5.15 Å². The number of halogens is 2. The van der Waals surface area contributed by atoms with Crippen molar-refractivity contribution < 1.29 is 0 Å². The van der Waals surface area contributed by atoms with E-state index in [-0.39, 0.29) is 0 Å². The van der Waals surface area contributed by atoms with Gasteiger partial charge in [0, 0.05) is 21.2 Å². The lowest BCUT2D eigenvalue weighted by Crippen LogP contribution is -1.95. The average Bonchev–Trinajstić information content (AvgIpc) is 2.42. The van der Waals surface area contributed by atoms with Crippen LogP contribution in [-0.2, 0) is 0 Å². The molecule has 0 unspecified atom stereocenters. The standard InChI is InChI=1S/C7H2BCl2NS2/c8-6-5(13-10)4-3(12-6)1-2-11-7(4)9/h1-2H. The summed E-state index contributed by atoms with van der Waals surface area (Å²) in [6.07, 6.45) is 1.66. The fourth-order valence-corrected chi connectivity index (χ4v) is 3.59. The Morgan fingerprint density at radius 2 is 2.31 bits per heavy atom. The second-order valence-corrected chi connectivity index (χ2v) is 4.81. The Morgan fingerprint density at radius 3 is 3.00 bits per heavy atom. The average molecular weight is 246 g/mol. The first-order chi connectivity index (χ1) is 6.24. The topological polar surface area (TPSA) is 12.9 Å². The Balaban J connectivity index is 2.88. The molecule has 0 bridgehead atoms. The van der Waals surface area contributed by atoms with Crippen molar-refractivity contribution >= 4 is 67.3 Å². The molecule has 2 aromatic rings. The SMILES string of the molecule is [B]c1sc2ccnc(Cl)c2c1SCl. The number of nitrogens with zero attached hydrogens (tertiary/aromatic N) is 1. The molecule has 0 N–H and O–H groups in total. The molecular formula is C7H2BCl2NS2. The molecular weight excluding hydrogens is 244 g/mol. The number of aromatic nitrogens is 1. The summed E-state index contributed by atoms with van der Waals surface area (Å²) >= 11 is 7.39. The van der Waals surface area contributed by atoms with Crippen LogP contribution >= 0.6 is 44.6 Å². The number of rotatable bonds is 1. The molecule has 0 amide bonds. The van der Waals surface area contributed by atoms with Gasteiger partial charge in [0.1, 0.15) is 13.0 Å². The van der Waals surface area contributed by atoms with Gasteiger partial charge in [-0.2, -0.15) is 11.3 Å². The van der Waals surface area contributed by atoms with Crippen molar-refractivity contribution in [2.24, 2.45) is 0 Å². The molecule has 6 heteroatoms. The van der Waals surface area contributed by atoms with Gasteiger partial charge in [0.15, 0.2) is 0 Å². The maximum atomic E-state index is 5.92. The quantitative estimate of drug-likeness (QED) is 0.566. The van der Waals surface area contributed by atoms with Crippen LogP contribution < -0.4 is 4.78 Å². The molecule has 2 aromatic heterocycles. The van der Waals surface area contributed by atoms with Crippen LogP contribution in [0.5, 0.6) is 0 Å². The highest BCUT2D eigenvalue weighted by Crippen LogP contribution is 2.36. The molecule has 1 nitrogen and oxygen atoms in total. The zero-order chi connectivity index (χ0) is 9.42. The molecule has 0 saturated heterocycles. The van der Waals surface area contributed by atoms with E-state index in [9.17, 15) is 0 Å². The molecule has 2 heterocycles. The van der Waals surface area contributed by atoms with Gasteiger partial charge in [-0.3, -0.25) is 0 Å². The van der Waals surface area contributed by atoms with Crippen LogP contribution in [0.25, 0.3) is 10.1 Å². The summed E-state index contributed by atoms with van der Waals surface area (Å²) in [4.78, 5) is 4.78. The Bertz CT molecular complexity index is 457. The molecule has 0 saturated carbocycles. The van der Waals surface area contributed by atoms with E-state index in [4.69, 9.17) is 30.1 Å². The summed E-state index contributed by atoms with van der Waals surface area (Å²) < 4.78 is 1.70. The molecule has 0 aliphatic heterocycles. The third-order valence-corrected chi connectivity index (χ3v) is 4.06. The van der Waals surface area contributed by atoms with Crippen molar-refractivity contribution in [3.05, 3.63) is 17.4 Å². The molecule has 0 aliphatic rings. The van der Waals surface area contributed by atoms with Crippen LogP contribution in [0.1, 0.15) is 0 Å². The summed E-state index contributed by atoms with van der Waals surface area (Å²) in [7, 11) is 12.5. The van der Waals surface area contributed by atoms with E-state index in [1.54, 1.807) is 6.20 Å². The number of thiophene rings is 1. The van der Waals surface area contributed by atoms with Gasteiger partial charge in [-0.05, 0) is 32.5 Å². The molecule has 0 aliphatic carbocycles. The van der Waals surface area contributed by atoms with E-state index in [1.165, 1.54) is 11.3 Å².